The second-order valence-corrected chi connectivity index (χ2v) is 16.4. The third-order valence-electron chi connectivity index (χ3n) is 13.3. The molecule has 0 saturated carbocycles. The average molecular weight is 737 g/mol. The van der Waals surface area contributed by atoms with Crippen molar-refractivity contribution < 1.29 is 4.42 Å². The molecule has 0 radical (unpaired) electrons. The number of benzene rings is 10. The van der Waals surface area contributed by atoms with Gasteiger partial charge in [-0.3, -0.25) is 0 Å². The molecule has 270 valence electrons. The van der Waals surface area contributed by atoms with Crippen molar-refractivity contribution in [3.63, 3.8) is 0 Å². The summed E-state index contributed by atoms with van der Waals surface area (Å²) in [7, 11) is 0. The summed E-state index contributed by atoms with van der Waals surface area (Å²) in [6, 6.07) is 68.0. The van der Waals surface area contributed by atoms with Gasteiger partial charge in [-0.15, -0.1) is 0 Å². The normalized spacial score (nSPS) is 13.5. The summed E-state index contributed by atoms with van der Waals surface area (Å²) in [4.78, 5) is 0. The predicted octanol–water partition coefficient (Wildman–Crippen LogP) is 15.3. The molecule has 0 saturated heterocycles. The smallest absolute Gasteiger partial charge is 0.143 e. The topological polar surface area (TPSA) is 13.1 Å². The van der Waals surface area contributed by atoms with Crippen LogP contribution in [0.25, 0.3) is 98.8 Å². The molecule has 1 aromatic heterocycles. The molecule has 2 aliphatic rings. The van der Waals surface area contributed by atoms with Crippen LogP contribution in [0.1, 0.15) is 33.4 Å². The monoisotopic (exact) mass is 736 g/mol. The Kier molecular flexibility index (Phi) is 6.29. The van der Waals surface area contributed by atoms with E-state index in [0.29, 0.717) is 0 Å². The van der Waals surface area contributed by atoms with E-state index in [0.717, 1.165) is 16.7 Å². The maximum Gasteiger partial charge on any atom is 0.143 e. The van der Waals surface area contributed by atoms with Gasteiger partial charge in [0.1, 0.15) is 11.2 Å². The molecule has 1 heterocycles. The van der Waals surface area contributed by atoms with Gasteiger partial charge < -0.3 is 4.42 Å². The molecule has 0 aliphatic heterocycles. The fourth-order valence-corrected chi connectivity index (χ4v) is 11.1. The highest BCUT2D eigenvalue weighted by molar-refractivity contribution is 6.24. The highest BCUT2D eigenvalue weighted by atomic mass is 16.3. The molecule has 0 N–H and O–H groups in total. The van der Waals surface area contributed by atoms with Crippen LogP contribution < -0.4 is 0 Å². The first kappa shape index (κ1) is 31.9. The molecular weight excluding hydrogens is 701 g/mol. The zero-order chi connectivity index (χ0) is 38.3. The SMILES string of the molecule is Cc1ccc2c(-c3cc(-c4ccc5c6c4oc4cccc(c46)C54c5ccccc5-c5ccccc54)c4ccccc4c3)c3cc(C)ccc3c(-c3ccccc3)c2c1. The van der Waals surface area contributed by atoms with Crippen molar-refractivity contribution in [2.75, 3.05) is 0 Å². The minimum absolute atomic E-state index is 0.400. The average Bonchev–Trinajstić information content (AvgIpc) is 3.91. The van der Waals surface area contributed by atoms with Gasteiger partial charge >= 0.3 is 0 Å². The third kappa shape index (κ3) is 4.00. The Bertz CT molecular complexity index is 3540. The maximum atomic E-state index is 7.07. The van der Waals surface area contributed by atoms with Crippen molar-refractivity contribution in [3.8, 4) is 44.5 Å². The number of fused-ring (bicyclic) bond motifs is 10. The molecule has 1 heteroatoms. The van der Waals surface area contributed by atoms with Crippen LogP contribution in [0.2, 0.25) is 0 Å². The number of aryl methyl sites for hydroxylation is 2. The fraction of sp³-hybridized carbons (Fsp3) is 0.0526. The van der Waals surface area contributed by atoms with Gasteiger partial charge in [-0.05, 0) is 126 Å². The van der Waals surface area contributed by atoms with E-state index in [1.165, 1.54) is 115 Å². The van der Waals surface area contributed by atoms with E-state index in [1.807, 2.05) is 0 Å². The van der Waals surface area contributed by atoms with E-state index < -0.39 is 5.41 Å². The van der Waals surface area contributed by atoms with Crippen molar-refractivity contribution in [3.05, 3.63) is 215 Å². The Morgan fingerprint density at radius 3 is 1.69 bits per heavy atom. The van der Waals surface area contributed by atoms with Crippen LogP contribution in [-0.2, 0) is 5.41 Å². The van der Waals surface area contributed by atoms with E-state index in [9.17, 15) is 0 Å². The minimum Gasteiger partial charge on any atom is -0.455 e. The fourth-order valence-electron chi connectivity index (χ4n) is 11.1. The molecule has 13 rings (SSSR count). The number of hydrogen-bond acceptors (Lipinski definition) is 1. The molecule has 1 nitrogen and oxygen atoms in total. The third-order valence-corrected chi connectivity index (χ3v) is 13.3. The Morgan fingerprint density at radius 1 is 0.362 bits per heavy atom. The highest BCUT2D eigenvalue weighted by Gasteiger charge is 2.51. The Hall–Kier alpha value is -7.22. The van der Waals surface area contributed by atoms with E-state index in [-0.39, 0.29) is 0 Å². The summed E-state index contributed by atoms with van der Waals surface area (Å²) in [6.07, 6.45) is 0. The van der Waals surface area contributed by atoms with Gasteiger partial charge in [0.25, 0.3) is 0 Å². The van der Waals surface area contributed by atoms with Gasteiger partial charge in [0.05, 0.1) is 5.41 Å². The van der Waals surface area contributed by atoms with E-state index in [1.54, 1.807) is 0 Å². The molecule has 0 bridgehead atoms. The van der Waals surface area contributed by atoms with Crippen LogP contribution >= 0.6 is 0 Å². The van der Waals surface area contributed by atoms with Crippen LogP contribution in [0, 0.1) is 13.8 Å². The Balaban J connectivity index is 1.13. The van der Waals surface area contributed by atoms with Crippen LogP contribution in [-0.4, -0.2) is 0 Å². The van der Waals surface area contributed by atoms with E-state index in [4.69, 9.17) is 4.42 Å². The van der Waals surface area contributed by atoms with Gasteiger partial charge in [-0.25, -0.2) is 0 Å². The van der Waals surface area contributed by atoms with Gasteiger partial charge in [0, 0.05) is 16.3 Å². The van der Waals surface area contributed by atoms with Crippen molar-refractivity contribution in [2.45, 2.75) is 19.3 Å². The summed E-state index contributed by atoms with van der Waals surface area (Å²) in [5, 5.41) is 9.97. The lowest BCUT2D eigenvalue weighted by Crippen LogP contribution is -2.26. The molecule has 11 aromatic rings. The molecule has 0 atom stereocenters. The van der Waals surface area contributed by atoms with Gasteiger partial charge in [0.15, 0.2) is 0 Å². The zero-order valence-electron chi connectivity index (χ0n) is 32.2. The lowest BCUT2D eigenvalue weighted by atomic mass is 9.70. The summed E-state index contributed by atoms with van der Waals surface area (Å²) < 4.78 is 7.07. The molecule has 10 aromatic carbocycles. The van der Waals surface area contributed by atoms with Gasteiger partial charge in [0.2, 0.25) is 0 Å². The van der Waals surface area contributed by atoms with Crippen molar-refractivity contribution in [2.24, 2.45) is 0 Å². The Labute approximate surface area is 336 Å². The van der Waals surface area contributed by atoms with E-state index in [2.05, 4.69) is 196 Å². The lowest BCUT2D eigenvalue weighted by Gasteiger charge is -2.31. The first-order valence-electron chi connectivity index (χ1n) is 20.3. The maximum absolute atomic E-state index is 7.07. The second-order valence-electron chi connectivity index (χ2n) is 16.4. The molecule has 0 fully saturated rings. The van der Waals surface area contributed by atoms with Crippen LogP contribution in [0.4, 0.5) is 0 Å². The summed E-state index contributed by atoms with van der Waals surface area (Å²) in [5.74, 6) is 0. The first-order chi connectivity index (χ1) is 28.6. The summed E-state index contributed by atoms with van der Waals surface area (Å²) >= 11 is 0. The largest absolute Gasteiger partial charge is 0.455 e. The molecular formula is C57H36O. The Morgan fingerprint density at radius 2 is 0.966 bits per heavy atom. The van der Waals surface area contributed by atoms with Crippen molar-refractivity contribution in [1.29, 1.82) is 0 Å². The zero-order valence-corrected chi connectivity index (χ0v) is 32.2. The predicted molar refractivity (Wildman–Crippen MR) is 243 cm³/mol. The quantitative estimate of drug-likeness (QED) is 0.165. The second kappa shape index (κ2) is 11.4. The standard InChI is InChI=1S/C57H36O/c1-33-24-26-42-45(29-33)52(35-13-4-3-5-14-35)41-25-23-34(2)30-46(41)53(42)37-31-36-15-6-7-16-38(36)44(32-37)43-27-28-50-55-54-49(21-12-22-51(54)58-56(43)55)57(50)47-19-10-8-17-39(47)40-18-9-11-20-48(40)57/h3-32H,1-2H3. The van der Waals surface area contributed by atoms with Crippen LogP contribution in [0.3, 0.4) is 0 Å². The molecule has 2 aliphatic carbocycles. The van der Waals surface area contributed by atoms with Crippen molar-refractivity contribution >= 4 is 54.3 Å². The first-order valence-corrected chi connectivity index (χ1v) is 20.3. The van der Waals surface area contributed by atoms with Gasteiger partial charge in [-0.1, -0.05) is 175 Å². The molecule has 0 unspecified atom stereocenters. The molecule has 58 heavy (non-hydrogen) atoms. The lowest BCUT2D eigenvalue weighted by molar-refractivity contribution is 0.665. The number of furan rings is 1. The van der Waals surface area contributed by atoms with Crippen LogP contribution in [0.5, 0.6) is 0 Å². The van der Waals surface area contributed by atoms with Gasteiger partial charge in [-0.2, -0.15) is 0 Å². The van der Waals surface area contributed by atoms with E-state index >= 15 is 0 Å². The van der Waals surface area contributed by atoms with Crippen LogP contribution in [0.15, 0.2) is 186 Å². The highest BCUT2D eigenvalue weighted by Crippen LogP contribution is 2.63. The molecule has 0 amide bonds. The van der Waals surface area contributed by atoms with Crippen molar-refractivity contribution in [1.82, 2.24) is 0 Å². The number of hydrogen-bond donors (Lipinski definition) is 0. The summed E-state index contributed by atoms with van der Waals surface area (Å²) in [5.41, 5.74) is 19.3. The number of rotatable bonds is 3. The molecule has 1 spiro atoms. The summed E-state index contributed by atoms with van der Waals surface area (Å²) in [6.45, 7) is 4.41. The minimum atomic E-state index is -0.400.